The summed E-state index contributed by atoms with van der Waals surface area (Å²) in [7, 11) is 0. The fourth-order valence-corrected chi connectivity index (χ4v) is 3.31. The van der Waals surface area contributed by atoms with Crippen molar-refractivity contribution in [2.45, 2.75) is 38.9 Å². The number of carbonyl (C=O) groups excluding carboxylic acids is 2. The van der Waals surface area contributed by atoms with Gasteiger partial charge in [0.25, 0.3) is 0 Å². The van der Waals surface area contributed by atoms with Gasteiger partial charge in [0.1, 0.15) is 5.82 Å². The minimum absolute atomic E-state index is 0.105. The van der Waals surface area contributed by atoms with Crippen molar-refractivity contribution in [1.82, 2.24) is 25.7 Å². The Morgan fingerprint density at radius 2 is 2.11 bits per heavy atom. The molecule has 3 rings (SSSR count). The minimum Gasteiger partial charge on any atom is -0.353 e. The van der Waals surface area contributed by atoms with Crippen molar-refractivity contribution in [3.63, 3.8) is 0 Å². The standard InChI is InChI=1S/C19H24FN5O2/c1-12(2)25-8-7-21-19(27)16(25)9-17(26)22-10-14-11-23-24-18(14)13-3-5-15(20)6-4-13/h3-6,11-12,16H,7-10H2,1-2H3,(H,21,27)(H,22,26)(H,23,24). The molecule has 1 aliphatic heterocycles. The van der Waals surface area contributed by atoms with E-state index in [1.807, 2.05) is 18.7 Å². The van der Waals surface area contributed by atoms with Crippen LogP contribution in [-0.2, 0) is 16.1 Å². The molecule has 1 aromatic carbocycles. The molecule has 3 N–H and O–H groups in total. The van der Waals surface area contributed by atoms with Crippen molar-refractivity contribution in [2.24, 2.45) is 0 Å². The van der Waals surface area contributed by atoms with Crippen LogP contribution in [0.15, 0.2) is 30.5 Å². The van der Waals surface area contributed by atoms with Gasteiger partial charge in [-0.1, -0.05) is 0 Å². The average Bonchev–Trinajstić information content (AvgIpc) is 3.10. The number of aromatic amines is 1. The molecule has 1 atom stereocenters. The maximum absolute atomic E-state index is 13.1. The Kier molecular flexibility index (Phi) is 5.85. The van der Waals surface area contributed by atoms with Crippen LogP contribution >= 0.6 is 0 Å². The first-order chi connectivity index (χ1) is 13.0. The van der Waals surface area contributed by atoms with Crippen LogP contribution < -0.4 is 10.6 Å². The molecule has 1 saturated heterocycles. The Hall–Kier alpha value is -2.74. The van der Waals surface area contributed by atoms with E-state index in [9.17, 15) is 14.0 Å². The zero-order valence-electron chi connectivity index (χ0n) is 15.5. The van der Waals surface area contributed by atoms with Gasteiger partial charge in [-0.05, 0) is 38.1 Å². The highest BCUT2D eigenvalue weighted by atomic mass is 19.1. The number of carbonyl (C=O) groups is 2. The fraction of sp³-hybridized carbons (Fsp3) is 0.421. The van der Waals surface area contributed by atoms with Crippen molar-refractivity contribution in [3.05, 3.63) is 41.8 Å². The number of amides is 2. The van der Waals surface area contributed by atoms with E-state index >= 15 is 0 Å². The monoisotopic (exact) mass is 373 g/mol. The quantitative estimate of drug-likeness (QED) is 0.715. The fourth-order valence-electron chi connectivity index (χ4n) is 3.31. The smallest absolute Gasteiger partial charge is 0.237 e. The minimum atomic E-state index is -0.459. The summed E-state index contributed by atoms with van der Waals surface area (Å²) in [5, 5.41) is 12.6. The number of rotatable bonds is 6. The molecular formula is C19H24FN5O2. The summed E-state index contributed by atoms with van der Waals surface area (Å²) in [6, 6.07) is 5.79. The molecule has 7 nitrogen and oxygen atoms in total. The Morgan fingerprint density at radius 3 is 2.81 bits per heavy atom. The van der Waals surface area contributed by atoms with Crippen LogP contribution in [0.2, 0.25) is 0 Å². The first-order valence-corrected chi connectivity index (χ1v) is 9.04. The van der Waals surface area contributed by atoms with Gasteiger partial charge in [-0.15, -0.1) is 0 Å². The highest BCUT2D eigenvalue weighted by Crippen LogP contribution is 2.21. The predicted molar refractivity (Wildman–Crippen MR) is 99.1 cm³/mol. The highest BCUT2D eigenvalue weighted by Gasteiger charge is 2.32. The van der Waals surface area contributed by atoms with E-state index in [-0.39, 0.29) is 36.6 Å². The highest BCUT2D eigenvalue weighted by molar-refractivity contribution is 5.88. The largest absolute Gasteiger partial charge is 0.353 e. The van der Waals surface area contributed by atoms with Crippen LogP contribution in [0.3, 0.4) is 0 Å². The number of aromatic nitrogens is 2. The number of hydrogen-bond donors (Lipinski definition) is 3. The third-order valence-corrected chi connectivity index (χ3v) is 4.74. The molecule has 2 aromatic rings. The number of piperazine rings is 1. The lowest BCUT2D eigenvalue weighted by Crippen LogP contribution is -2.58. The Balaban J connectivity index is 1.62. The molecule has 0 radical (unpaired) electrons. The van der Waals surface area contributed by atoms with E-state index in [0.29, 0.717) is 6.54 Å². The average molecular weight is 373 g/mol. The molecular weight excluding hydrogens is 349 g/mol. The Labute approximate surface area is 157 Å². The van der Waals surface area contributed by atoms with E-state index in [1.54, 1.807) is 18.3 Å². The van der Waals surface area contributed by atoms with Gasteiger partial charge in [-0.25, -0.2) is 4.39 Å². The molecule has 1 aliphatic rings. The number of nitrogens with zero attached hydrogens (tertiary/aromatic N) is 2. The Morgan fingerprint density at radius 1 is 1.37 bits per heavy atom. The first kappa shape index (κ1) is 19.0. The summed E-state index contributed by atoms with van der Waals surface area (Å²) in [6.45, 7) is 5.65. The number of H-pyrrole nitrogens is 1. The molecule has 2 heterocycles. The molecule has 1 fully saturated rings. The van der Waals surface area contributed by atoms with Crippen LogP contribution in [0, 0.1) is 5.82 Å². The van der Waals surface area contributed by atoms with Gasteiger partial charge in [-0.2, -0.15) is 5.10 Å². The lowest BCUT2D eigenvalue weighted by Gasteiger charge is -2.37. The van der Waals surface area contributed by atoms with Gasteiger partial charge < -0.3 is 10.6 Å². The van der Waals surface area contributed by atoms with E-state index in [4.69, 9.17) is 0 Å². The van der Waals surface area contributed by atoms with Crippen LogP contribution in [0.1, 0.15) is 25.8 Å². The number of nitrogens with one attached hydrogen (secondary N) is 3. The molecule has 1 unspecified atom stereocenters. The summed E-state index contributed by atoms with van der Waals surface area (Å²) in [5.74, 6) is -0.622. The lowest BCUT2D eigenvalue weighted by molar-refractivity contribution is -0.134. The van der Waals surface area contributed by atoms with Crippen molar-refractivity contribution in [3.8, 4) is 11.3 Å². The number of hydrogen-bond acceptors (Lipinski definition) is 4. The predicted octanol–water partition coefficient (Wildman–Crippen LogP) is 1.43. The van der Waals surface area contributed by atoms with Gasteiger partial charge >= 0.3 is 0 Å². The second-order valence-electron chi connectivity index (χ2n) is 6.90. The van der Waals surface area contributed by atoms with Crippen LogP contribution in [0.25, 0.3) is 11.3 Å². The summed E-state index contributed by atoms with van der Waals surface area (Å²) in [5.41, 5.74) is 2.31. The Bertz CT molecular complexity index is 803. The molecule has 144 valence electrons. The molecule has 0 bridgehead atoms. The molecule has 0 spiro atoms. The van der Waals surface area contributed by atoms with Gasteiger partial charge in [-0.3, -0.25) is 19.6 Å². The van der Waals surface area contributed by atoms with Crippen molar-refractivity contribution >= 4 is 11.8 Å². The third kappa shape index (κ3) is 4.51. The van der Waals surface area contributed by atoms with Crippen LogP contribution in [-0.4, -0.2) is 52.1 Å². The van der Waals surface area contributed by atoms with Crippen molar-refractivity contribution in [2.75, 3.05) is 13.1 Å². The summed E-state index contributed by atoms with van der Waals surface area (Å²) in [4.78, 5) is 26.6. The molecule has 0 saturated carbocycles. The zero-order valence-corrected chi connectivity index (χ0v) is 15.5. The van der Waals surface area contributed by atoms with E-state index in [2.05, 4.69) is 20.8 Å². The first-order valence-electron chi connectivity index (χ1n) is 9.04. The maximum atomic E-state index is 13.1. The van der Waals surface area contributed by atoms with Gasteiger partial charge in [0, 0.05) is 36.8 Å². The van der Waals surface area contributed by atoms with Crippen LogP contribution in [0.4, 0.5) is 4.39 Å². The lowest BCUT2D eigenvalue weighted by atomic mass is 10.1. The van der Waals surface area contributed by atoms with E-state index in [0.717, 1.165) is 23.4 Å². The summed E-state index contributed by atoms with van der Waals surface area (Å²) in [6.07, 6.45) is 1.74. The second kappa shape index (κ2) is 8.30. The third-order valence-electron chi connectivity index (χ3n) is 4.74. The topological polar surface area (TPSA) is 90.1 Å². The molecule has 0 aliphatic carbocycles. The molecule has 1 aromatic heterocycles. The van der Waals surface area contributed by atoms with Crippen LogP contribution in [0.5, 0.6) is 0 Å². The zero-order chi connectivity index (χ0) is 19.4. The van der Waals surface area contributed by atoms with E-state index < -0.39 is 6.04 Å². The number of benzene rings is 1. The normalized spacial score (nSPS) is 17.8. The van der Waals surface area contributed by atoms with Gasteiger partial charge in [0.2, 0.25) is 11.8 Å². The molecule has 8 heteroatoms. The summed E-state index contributed by atoms with van der Waals surface area (Å²) < 4.78 is 13.1. The maximum Gasteiger partial charge on any atom is 0.237 e. The van der Waals surface area contributed by atoms with Crippen molar-refractivity contribution in [1.29, 1.82) is 0 Å². The second-order valence-corrected chi connectivity index (χ2v) is 6.90. The molecule has 2 amide bonds. The van der Waals surface area contributed by atoms with E-state index in [1.165, 1.54) is 12.1 Å². The van der Waals surface area contributed by atoms with Gasteiger partial charge in [0.15, 0.2) is 0 Å². The number of halogens is 1. The van der Waals surface area contributed by atoms with Crippen molar-refractivity contribution < 1.29 is 14.0 Å². The summed E-state index contributed by atoms with van der Waals surface area (Å²) >= 11 is 0. The SMILES string of the molecule is CC(C)N1CCNC(=O)C1CC(=O)NCc1cn[nH]c1-c1ccc(F)cc1. The van der Waals surface area contributed by atoms with Gasteiger partial charge in [0.05, 0.1) is 24.4 Å². The molecule has 27 heavy (non-hydrogen) atoms.